The van der Waals surface area contributed by atoms with E-state index in [0.717, 1.165) is 43.7 Å². The van der Waals surface area contributed by atoms with Crippen LogP contribution >= 0.6 is 0 Å². The lowest BCUT2D eigenvalue weighted by Gasteiger charge is -2.31. The quantitative estimate of drug-likeness (QED) is 0.920. The Kier molecular flexibility index (Phi) is 4.97. The second kappa shape index (κ2) is 6.97. The number of benzene rings is 1. The monoisotopic (exact) mass is 319 g/mol. The fourth-order valence-electron chi connectivity index (χ4n) is 3.73. The highest BCUT2D eigenvalue weighted by atomic mass is 19.1. The van der Waals surface area contributed by atoms with Crippen LogP contribution in [0.2, 0.25) is 0 Å². The van der Waals surface area contributed by atoms with Gasteiger partial charge in [-0.1, -0.05) is 12.8 Å². The van der Waals surface area contributed by atoms with E-state index in [1.165, 1.54) is 18.6 Å². The Bertz CT molecular complexity index is 670. The molecule has 1 heterocycles. The van der Waals surface area contributed by atoms with Gasteiger partial charge in [-0.15, -0.1) is 0 Å². The van der Waals surface area contributed by atoms with Crippen molar-refractivity contribution in [2.45, 2.75) is 51.8 Å². The SMILES string of the molecule is CCn1c(CN(C)CC2CCCCC2O)nc2cc(F)ccc21. The summed E-state index contributed by atoms with van der Waals surface area (Å²) in [7, 11) is 2.07. The van der Waals surface area contributed by atoms with E-state index in [-0.39, 0.29) is 11.9 Å². The summed E-state index contributed by atoms with van der Waals surface area (Å²) in [5.41, 5.74) is 1.70. The molecule has 0 aliphatic heterocycles. The van der Waals surface area contributed by atoms with Crippen molar-refractivity contribution in [2.24, 2.45) is 5.92 Å². The zero-order valence-corrected chi connectivity index (χ0v) is 14.0. The Balaban J connectivity index is 1.75. The van der Waals surface area contributed by atoms with Gasteiger partial charge in [0.2, 0.25) is 0 Å². The number of hydrogen-bond donors (Lipinski definition) is 1. The first-order valence-electron chi connectivity index (χ1n) is 8.59. The van der Waals surface area contributed by atoms with Gasteiger partial charge in [-0.3, -0.25) is 4.90 Å². The summed E-state index contributed by atoms with van der Waals surface area (Å²) < 4.78 is 15.6. The number of imidazole rings is 1. The van der Waals surface area contributed by atoms with Crippen molar-refractivity contribution in [1.29, 1.82) is 0 Å². The second-order valence-corrected chi connectivity index (χ2v) is 6.71. The summed E-state index contributed by atoms with van der Waals surface area (Å²) >= 11 is 0. The van der Waals surface area contributed by atoms with Gasteiger partial charge in [-0.25, -0.2) is 9.37 Å². The standard InChI is InChI=1S/C18H26FN3O/c1-3-22-16-9-8-14(19)10-15(16)20-18(22)12-21(2)11-13-6-4-5-7-17(13)23/h8-10,13,17,23H,3-7,11-12H2,1-2H3. The molecule has 1 aromatic carbocycles. The number of halogens is 1. The van der Waals surface area contributed by atoms with Gasteiger partial charge in [0.15, 0.2) is 0 Å². The highest BCUT2D eigenvalue weighted by Crippen LogP contribution is 2.25. The minimum atomic E-state index is -0.247. The van der Waals surface area contributed by atoms with Crippen molar-refractivity contribution in [3.63, 3.8) is 0 Å². The van der Waals surface area contributed by atoms with Crippen LogP contribution < -0.4 is 0 Å². The zero-order valence-electron chi connectivity index (χ0n) is 14.0. The topological polar surface area (TPSA) is 41.3 Å². The lowest BCUT2D eigenvalue weighted by Crippen LogP contribution is -2.35. The van der Waals surface area contributed by atoms with Gasteiger partial charge in [-0.2, -0.15) is 0 Å². The lowest BCUT2D eigenvalue weighted by molar-refractivity contribution is 0.0496. The molecule has 4 nitrogen and oxygen atoms in total. The van der Waals surface area contributed by atoms with E-state index < -0.39 is 0 Å². The maximum absolute atomic E-state index is 13.4. The summed E-state index contributed by atoms with van der Waals surface area (Å²) in [5, 5.41) is 10.1. The average molecular weight is 319 g/mol. The molecular formula is C18H26FN3O. The van der Waals surface area contributed by atoms with Crippen LogP contribution in [0.4, 0.5) is 4.39 Å². The molecule has 0 radical (unpaired) electrons. The third-order valence-electron chi connectivity index (χ3n) is 4.93. The van der Waals surface area contributed by atoms with Crippen LogP contribution in [-0.4, -0.2) is 39.3 Å². The molecular weight excluding hydrogens is 293 g/mol. The number of rotatable bonds is 5. The number of aryl methyl sites for hydroxylation is 1. The smallest absolute Gasteiger partial charge is 0.125 e. The fraction of sp³-hybridized carbons (Fsp3) is 0.611. The summed E-state index contributed by atoms with van der Waals surface area (Å²) in [4.78, 5) is 6.84. The first kappa shape index (κ1) is 16.4. The van der Waals surface area contributed by atoms with Crippen LogP contribution in [0.5, 0.6) is 0 Å². The van der Waals surface area contributed by atoms with E-state index in [1.807, 2.05) is 0 Å². The predicted molar refractivity (Wildman–Crippen MR) is 89.7 cm³/mol. The fourth-order valence-corrected chi connectivity index (χ4v) is 3.73. The Morgan fingerprint density at radius 1 is 1.35 bits per heavy atom. The number of nitrogens with zero attached hydrogens (tertiary/aromatic N) is 3. The number of aliphatic hydroxyl groups is 1. The van der Waals surface area contributed by atoms with Gasteiger partial charge in [0, 0.05) is 19.2 Å². The summed E-state index contributed by atoms with van der Waals surface area (Å²) in [6.45, 7) is 4.49. The molecule has 1 saturated carbocycles. The van der Waals surface area contributed by atoms with E-state index >= 15 is 0 Å². The van der Waals surface area contributed by atoms with Gasteiger partial charge < -0.3 is 9.67 Å². The van der Waals surface area contributed by atoms with Crippen molar-refractivity contribution in [3.8, 4) is 0 Å². The largest absolute Gasteiger partial charge is 0.393 e. The minimum absolute atomic E-state index is 0.176. The molecule has 1 aliphatic rings. The van der Waals surface area contributed by atoms with Gasteiger partial charge in [0.05, 0.1) is 23.7 Å². The van der Waals surface area contributed by atoms with Crippen LogP contribution in [0, 0.1) is 11.7 Å². The molecule has 23 heavy (non-hydrogen) atoms. The molecule has 3 rings (SSSR count). The summed E-state index contributed by atoms with van der Waals surface area (Å²) in [6, 6.07) is 4.79. The van der Waals surface area contributed by atoms with E-state index in [4.69, 9.17) is 0 Å². The van der Waals surface area contributed by atoms with Crippen LogP contribution in [0.15, 0.2) is 18.2 Å². The Morgan fingerprint density at radius 2 is 2.13 bits per heavy atom. The van der Waals surface area contributed by atoms with Gasteiger partial charge in [-0.05, 0) is 44.9 Å². The molecule has 1 fully saturated rings. The highest BCUT2D eigenvalue weighted by Gasteiger charge is 2.24. The summed E-state index contributed by atoms with van der Waals surface area (Å²) in [6.07, 6.45) is 4.19. The number of aromatic nitrogens is 2. The van der Waals surface area contributed by atoms with Gasteiger partial charge in [0.1, 0.15) is 11.6 Å². The van der Waals surface area contributed by atoms with E-state index in [2.05, 4.69) is 28.4 Å². The van der Waals surface area contributed by atoms with Crippen molar-refractivity contribution < 1.29 is 9.50 Å². The molecule has 1 aromatic heterocycles. The van der Waals surface area contributed by atoms with Crippen LogP contribution in [0.25, 0.3) is 11.0 Å². The number of aliphatic hydroxyl groups excluding tert-OH is 1. The van der Waals surface area contributed by atoms with E-state index in [9.17, 15) is 9.50 Å². The number of hydrogen-bond acceptors (Lipinski definition) is 3. The Morgan fingerprint density at radius 3 is 2.87 bits per heavy atom. The average Bonchev–Trinajstić information content (AvgIpc) is 2.85. The molecule has 0 spiro atoms. The van der Waals surface area contributed by atoms with Crippen molar-refractivity contribution in [2.75, 3.05) is 13.6 Å². The van der Waals surface area contributed by atoms with Crippen LogP contribution in [0.1, 0.15) is 38.4 Å². The van der Waals surface area contributed by atoms with E-state index in [1.54, 1.807) is 6.07 Å². The third-order valence-corrected chi connectivity index (χ3v) is 4.93. The molecule has 1 N–H and O–H groups in total. The van der Waals surface area contributed by atoms with Crippen LogP contribution in [0.3, 0.4) is 0 Å². The second-order valence-electron chi connectivity index (χ2n) is 6.71. The molecule has 1 aliphatic carbocycles. The molecule has 0 saturated heterocycles. The Hall–Kier alpha value is -1.46. The first-order chi connectivity index (χ1) is 11.1. The molecule has 126 valence electrons. The highest BCUT2D eigenvalue weighted by molar-refractivity contribution is 5.76. The van der Waals surface area contributed by atoms with Crippen molar-refractivity contribution >= 4 is 11.0 Å². The first-order valence-corrected chi connectivity index (χ1v) is 8.59. The normalized spacial score (nSPS) is 22.1. The molecule has 0 bridgehead atoms. The molecule has 2 aromatic rings. The van der Waals surface area contributed by atoms with Crippen molar-refractivity contribution in [1.82, 2.24) is 14.5 Å². The minimum Gasteiger partial charge on any atom is -0.393 e. The van der Waals surface area contributed by atoms with Gasteiger partial charge >= 0.3 is 0 Å². The lowest BCUT2D eigenvalue weighted by atomic mass is 9.86. The predicted octanol–water partition coefficient (Wildman–Crippen LogP) is 3.18. The zero-order chi connectivity index (χ0) is 16.4. The van der Waals surface area contributed by atoms with Gasteiger partial charge in [0.25, 0.3) is 0 Å². The van der Waals surface area contributed by atoms with Crippen LogP contribution in [-0.2, 0) is 13.1 Å². The number of fused-ring (bicyclic) bond motifs is 1. The molecule has 5 heteroatoms. The maximum Gasteiger partial charge on any atom is 0.125 e. The molecule has 2 unspecified atom stereocenters. The summed E-state index contributed by atoms with van der Waals surface area (Å²) in [5.74, 6) is 1.06. The third kappa shape index (κ3) is 3.56. The maximum atomic E-state index is 13.4. The Labute approximate surface area is 136 Å². The molecule has 2 atom stereocenters. The van der Waals surface area contributed by atoms with E-state index in [0.29, 0.717) is 18.0 Å². The molecule has 0 amide bonds. The van der Waals surface area contributed by atoms with Crippen molar-refractivity contribution in [3.05, 3.63) is 29.8 Å².